The lowest BCUT2D eigenvalue weighted by Gasteiger charge is -2.09. The molecule has 0 fully saturated rings. The first-order chi connectivity index (χ1) is 15.2. The van der Waals surface area contributed by atoms with Crippen molar-refractivity contribution in [2.75, 3.05) is 12.4 Å². The minimum absolute atomic E-state index is 0.179. The number of fused-ring (bicyclic) bond motifs is 3. The number of carbonyl (C=O) groups excluding carboxylic acids is 1. The van der Waals surface area contributed by atoms with Crippen LogP contribution in [0.15, 0.2) is 87.7 Å². The Morgan fingerprint density at radius 2 is 1.68 bits per heavy atom. The van der Waals surface area contributed by atoms with Gasteiger partial charge in [-0.25, -0.2) is 0 Å². The van der Waals surface area contributed by atoms with Crippen LogP contribution in [0.4, 0.5) is 5.69 Å². The first-order valence-corrected chi connectivity index (χ1v) is 9.78. The molecular formula is C25H19NO5. The number of para-hydroxylation sites is 2. The van der Waals surface area contributed by atoms with Crippen LogP contribution in [0, 0.1) is 0 Å². The van der Waals surface area contributed by atoms with Crippen LogP contribution in [0.5, 0.6) is 11.5 Å². The van der Waals surface area contributed by atoms with Gasteiger partial charge in [-0.2, -0.15) is 0 Å². The van der Waals surface area contributed by atoms with Crippen LogP contribution in [0.2, 0.25) is 0 Å². The summed E-state index contributed by atoms with van der Waals surface area (Å²) in [6, 6.07) is 24.1. The average Bonchev–Trinajstić information content (AvgIpc) is 3.42. The lowest BCUT2D eigenvalue weighted by Crippen LogP contribution is -2.11. The summed E-state index contributed by atoms with van der Waals surface area (Å²) < 4.78 is 22.7. The summed E-state index contributed by atoms with van der Waals surface area (Å²) in [4.78, 5) is 12.7. The van der Waals surface area contributed by atoms with Crippen LogP contribution in [-0.2, 0) is 6.61 Å². The number of ether oxygens (including phenoxy) is 2. The minimum Gasteiger partial charge on any atom is -0.495 e. The van der Waals surface area contributed by atoms with Crippen molar-refractivity contribution >= 4 is 33.5 Å². The fraction of sp³-hybridized carbons (Fsp3) is 0.0800. The average molecular weight is 413 g/mol. The molecule has 1 N–H and O–H groups in total. The predicted octanol–water partition coefficient (Wildman–Crippen LogP) is 6.02. The highest BCUT2D eigenvalue weighted by atomic mass is 16.5. The molecule has 154 valence electrons. The van der Waals surface area contributed by atoms with E-state index in [4.69, 9.17) is 18.3 Å². The number of hydrogen-bond acceptors (Lipinski definition) is 5. The third kappa shape index (κ3) is 3.71. The molecule has 0 bridgehead atoms. The Morgan fingerprint density at radius 1 is 0.871 bits per heavy atom. The first-order valence-electron chi connectivity index (χ1n) is 9.78. The maximum absolute atomic E-state index is 12.7. The van der Waals surface area contributed by atoms with E-state index in [2.05, 4.69) is 5.32 Å². The molecule has 2 aromatic heterocycles. The van der Waals surface area contributed by atoms with Gasteiger partial charge in [0.2, 0.25) is 0 Å². The van der Waals surface area contributed by atoms with Crippen LogP contribution >= 0.6 is 0 Å². The minimum atomic E-state index is -0.389. The molecule has 0 atom stereocenters. The van der Waals surface area contributed by atoms with Crippen molar-refractivity contribution in [1.82, 2.24) is 0 Å². The van der Waals surface area contributed by atoms with Crippen LogP contribution in [0.1, 0.15) is 16.3 Å². The second-order valence-corrected chi connectivity index (χ2v) is 6.97. The van der Waals surface area contributed by atoms with Crippen molar-refractivity contribution < 1.29 is 23.1 Å². The molecule has 0 saturated heterocycles. The molecular weight excluding hydrogens is 394 g/mol. The van der Waals surface area contributed by atoms with Crippen LogP contribution < -0.4 is 14.8 Å². The summed E-state index contributed by atoms with van der Waals surface area (Å²) in [5, 5.41) is 4.75. The van der Waals surface area contributed by atoms with Crippen LogP contribution in [-0.4, -0.2) is 13.0 Å². The Balaban J connectivity index is 1.36. The molecule has 5 aromatic rings. The number of carbonyl (C=O) groups is 1. The van der Waals surface area contributed by atoms with Gasteiger partial charge in [0.15, 0.2) is 5.76 Å². The lowest BCUT2D eigenvalue weighted by atomic mass is 10.1. The Labute approximate surface area is 178 Å². The van der Waals surface area contributed by atoms with E-state index in [1.165, 1.54) is 0 Å². The van der Waals surface area contributed by atoms with E-state index in [1.54, 1.807) is 25.3 Å². The zero-order chi connectivity index (χ0) is 21.2. The third-order valence-corrected chi connectivity index (χ3v) is 4.96. The molecule has 0 aliphatic carbocycles. The van der Waals surface area contributed by atoms with Crippen LogP contribution in [0.3, 0.4) is 0 Å². The fourth-order valence-electron chi connectivity index (χ4n) is 3.45. The van der Waals surface area contributed by atoms with Gasteiger partial charge < -0.3 is 23.6 Å². The van der Waals surface area contributed by atoms with Crippen LogP contribution in [0.25, 0.3) is 21.9 Å². The number of furan rings is 2. The molecule has 2 heterocycles. The maximum atomic E-state index is 12.7. The van der Waals surface area contributed by atoms with E-state index in [0.29, 0.717) is 22.8 Å². The number of hydrogen-bond donors (Lipinski definition) is 1. The summed E-state index contributed by atoms with van der Waals surface area (Å²) in [7, 11) is 1.56. The summed E-state index contributed by atoms with van der Waals surface area (Å²) in [5.41, 5.74) is 1.93. The van der Waals surface area contributed by atoms with Gasteiger partial charge in [-0.05, 0) is 36.4 Å². The molecule has 0 spiro atoms. The smallest absolute Gasteiger partial charge is 0.291 e. The second-order valence-electron chi connectivity index (χ2n) is 6.97. The zero-order valence-corrected chi connectivity index (χ0v) is 16.8. The molecule has 1 amide bonds. The van der Waals surface area contributed by atoms with Gasteiger partial charge >= 0.3 is 0 Å². The van der Waals surface area contributed by atoms with Gasteiger partial charge in [0.05, 0.1) is 12.8 Å². The first kappa shape index (κ1) is 18.8. The second kappa shape index (κ2) is 7.91. The topological polar surface area (TPSA) is 73.8 Å². The summed E-state index contributed by atoms with van der Waals surface area (Å²) in [6.07, 6.45) is 0. The van der Waals surface area contributed by atoms with E-state index in [-0.39, 0.29) is 18.3 Å². The normalized spacial score (nSPS) is 11.0. The standard InChI is InChI=1S/C25H19NO5/c1-28-24-13-19-18-9-5-6-10-21(18)31-23(19)14-20(24)26-25(27)22-12-11-17(30-22)15-29-16-7-3-2-4-8-16/h2-14H,15H2,1H3,(H,26,27). The largest absolute Gasteiger partial charge is 0.495 e. The quantitative estimate of drug-likeness (QED) is 0.368. The predicted molar refractivity (Wildman–Crippen MR) is 118 cm³/mol. The molecule has 6 nitrogen and oxygen atoms in total. The van der Waals surface area contributed by atoms with Gasteiger partial charge in [-0.1, -0.05) is 36.4 Å². The molecule has 31 heavy (non-hydrogen) atoms. The number of amides is 1. The molecule has 3 aromatic carbocycles. The van der Waals surface area contributed by atoms with Crippen molar-refractivity contribution in [3.05, 3.63) is 90.4 Å². The fourth-order valence-corrected chi connectivity index (χ4v) is 3.45. The molecule has 0 aliphatic rings. The third-order valence-electron chi connectivity index (χ3n) is 4.96. The molecule has 0 aliphatic heterocycles. The Morgan fingerprint density at radius 3 is 2.52 bits per heavy atom. The number of methoxy groups -OCH3 is 1. The van der Waals surface area contributed by atoms with E-state index in [0.717, 1.165) is 22.1 Å². The monoisotopic (exact) mass is 413 g/mol. The molecule has 0 saturated carbocycles. The number of rotatable bonds is 6. The van der Waals surface area contributed by atoms with Gasteiger partial charge in [-0.3, -0.25) is 4.79 Å². The lowest BCUT2D eigenvalue weighted by molar-refractivity contribution is 0.0992. The van der Waals surface area contributed by atoms with Gasteiger partial charge in [-0.15, -0.1) is 0 Å². The molecule has 0 unspecified atom stereocenters. The Bertz CT molecular complexity index is 1370. The van der Waals surface area contributed by atoms with Crippen molar-refractivity contribution in [1.29, 1.82) is 0 Å². The Hall–Kier alpha value is -4.19. The molecule has 5 rings (SSSR count). The summed E-state index contributed by atoms with van der Waals surface area (Å²) in [5.74, 6) is 1.60. The zero-order valence-electron chi connectivity index (χ0n) is 16.8. The van der Waals surface area contributed by atoms with Crippen molar-refractivity contribution in [2.45, 2.75) is 6.61 Å². The number of benzene rings is 3. The SMILES string of the molecule is COc1cc2c(cc1NC(=O)c1ccc(COc3ccccc3)o1)oc1ccccc12. The maximum Gasteiger partial charge on any atom is 0.291 e. The molecule has 6 heteroatoms. The van der Waals surface area contributed by atoms with E-state index in [9.17, 15) is 4.79 Å². The van der Waals surface area contributed by atoms with Crippen molar-refractivity contribution in [2.24, 2.45) is 0 Å². The summed E-state index contributed by atoms with van der Waals surface area (Å²) >= 11 is 0. The van der Waals surface area contributed by atoms with E-state index < -0.39 is 0 Å². The van der Waals surface area contributed by atoms with Crippen molar-refractivity contribution in [3.8, 4) is 11.5 Å². The molecule has 0 radical (unpaired) electrons. The number of nitrogens with one attached hydrogen (secondary N) is 1. The van der Waals surface area contributed by atoms with Crippen molar-refractivity contribution in [3.63, 3.8) is 0 Å². The van der Waals surface area contributed by atoms with E-state index >= 15 is 0 Å². The van der Waals surface area contributed by atoms with Gasteiger partial charge in [0.1, 0.15) is 35.0 Å². The van der Waals surface area contributed by atoms with E-state index in [1.807, 2.05) is 60.7 Å². The highest BCUT2D eigenvalue weighted by molar-refractivity contribution is 6.09. The highest BCUT2D eigenvalue weighted by Gasteiger charge is 2.17. The summed E-state index contributed by atoms with van der Waals surface area (Å²) in [6.45, 7) is 0.228. The van der Waals surface area contributed by atoms with Gasteiger partial charge in [0, 0.05) is 16.8 Å². The number of anilines is 1. The highest BCUT2D eigenvalue weighted by Crippen LogP contribution is 2.36. The van der Waals surface area contributed by atoms with Gasteiger partial charge in [0.25, 0.3) is 5.91 Å². The Kier molecular flexibility index (Phi) is 4.80.